The van der Waals surface area contributed by atoms with E-state index < -0.39 is 19.8 Å². The van der Waals surface area contributed by atoms with Gasteiger partial charge in [0.2, 0.25) is 5.82 Å². The van der Waals surface area contributed by atoms with E-state index in [0.29, 0.717) is 28.7 Å². The molecule has 37 heavy (non-hydrogen) atoms. The number of hydrogen-bond acceptors (Lipinski definition) is 5. The lowest BCUT2D eigenvalue weighted by Gasteiger charge is -2.17. The molecule has 4 rings (SSSR count). The zero-order valence-electron chi connectivity index (χ0n) is 20.5. The molecule has 1 N–H and O–H groups in total. The van der Waals surface area contributed by atoms with E-state index in [1.54, 1.807) is 27.3 Å². The highest BCUT2D eigenvalue weighted by atomic mass is 35.5. The summed E-state index contributed by atoms with van der Waals surface area (Å²) in [7, 11) is -1.36. The van der Waals surface area contributed by atoms with Crippen LogP contribution in [0.2, 0.25) is 35.7 Å². The van der Waals surface area contributed by atoms with Crippen LogP contribution in [0.3, 0.4) is 0 Å². The first-order chi connectivity index (χ1) is 17.4. The normalized spacial score (nSPS) is 12.6. The van der Waals surface area contributed by atoms with Gasteiger partial charge in [-0.3, -0.25) is 9.13 Å². The fourth-order valence-electron chi connectivity index (χ4n) is 3.78. The van der Waals surface area contributed by atoms with Gasteiger partial charge in [0, 0.05) is 21.1 Å². The lowest BCUT2D eigenvalue weighted by molar-refractivity contribution is -0.137. The third-order valence-corrected chi connectivity index (χ3v) is 8.24. The minimum absolute atomic E-state index is 0.0488. The summed E-state index contributed by atoms with van der Waals surface area (Å²) in [4.78, 5) is 4.53. The first-order valence-corrected chi connectivity index (χ1v) is 16.0. The topological polar surface area (TPSA) is 78.0 Å². The molecule has 2 aromatic carbocycles. The third-order valence-electron chi connectivity index (χ3n) is 5.73. The van der Waals surface area contributed by atoms with Crippen LogP contribution in [0.5, 0.6) is 0 Å². The van der Waals surface area contributed by atoms with Gasteiger partial charge in [0.05, 0.1) is 38.9 Å². The van der Waals surface area contributed by atoms with Crippen LogP contribution in [0.4, 0.5) is 13.2 Å². The van der Waals surface area contributed by atoms with E-state index in [2.05, 4.69) is 34.8 Å². The molecule has 0 atom stereocenters. The van der Waals surface area contributed by atoms with Crippen LogP contribution in [-0.2, 0) is 24.1 Å². The number of rotatable bonds is 9. The molecule has 0 amide bonds. The van der Waals surface area contributed by atoms with Crippen molar-refractivity contribution in [2.45, 2.75) is 45.0 Å². The molecule has 198 valence electrons. The Kier molecular flexibility index (Phi) is 8.01. The summed E-state index contributed by atoms with van der Waals surface area (Å²) >= 11 is 12.8. The van der Waals surface area contributed by atoms with Gasteiger partial charge in [0.15, 0.2) is 5.82 Å². The van der Waals surface area contributed by atoms with E-state index in [1.165, 1.54) is 6.07 Å². The van der Waals surface area contributed by atoms with Crippen LogP contribution in [0.1, 0.15) is 11.4 Å². The summed E-state index contributed by atoms with van der Waals surface area (Å²) in [6.45, 7) is 7.03. The fourth-order valence-corrected chi connectivity index (χ4v) is 4.92. The lowest BCUT2D eigenvalue weighted by Crippen LogP contribution is -2.22. The van der Waals surface area contributed by atoms with Crippen molar-refractivity contribution in [1.82, 2.24) is 24.3 Å². The van der Waals surface area contributed by atoms with Crippen LogP contribution < -0.4 is 0 Å². The van der Waals surface area contributed by atoms with Crippen molar-refractivity contribution in [2.75, 3.05) is 13.2 Å². The Morgan fingerprint density at radius 1 is 1.05 bits per heavy atom. The number of alkyl halides is 3. The number of aromatic nitrogens is 5. The van der Waals surface area contributed by atoms with E-state index in [-0.39, 0.29) is 41.9 Å². The number of fused-ring (bicyclic) bond motifs is 1. The van der Waals surface area contributed by atoms with Crippen molar-refractivity contribution in [3.8, 4) is 17.3 Å². The zero-order valence-corrected chi connectivity index (χ0v) is 23.0. The Hall–Kier alpha value is -2.44. The number of aliphatic hydroxyl groups excluding tert-OH is 1. The van der Waals surface area contributed by atoms with Crippen molar-refractivity contribution in [2.24, 2.45) is 0 Å². The molecule has 0 aliphatic rings. The molecule has 0 fully saturated rings. The number of imidazole rings is 1. The van der Waals surface area contributed by atoms with Crippen molar-refractivity contribution in [1.29, 1.82) is 0 Å². The van der Waals surface area contributed by atoms with Crippen molar-refractivity contribution in [3.63, 3.8) is 0 Å². The maximum atomic E-state index is 13.4. The summed E-state index contributed by atoms with van der Waals surface area (Å²) in [5, 5.41) is 18.6. The van der Waals surface area contributed by atoms with Crippen molar-refractivity contribution in [3.05, 3.63) is 57.8 Å². The van der Waals surface area contributed by atoms with Crippen LogP contribution >= 0.6 is 23.2 Å². The summed E-state index contributed by atoms with van der Waals surface area (Å²) in [6.07, 6.45) is -4.37. The quantitative estimate of drug-likeness (QED) is 0.184. The number of ether oxygens (including phenoxy) is 1. The van der Waals surface area contributed by atoms with Crippen LogP contribution in [-0.4, -0.2) is 50.7 Å². The molecule has 7 nitrogen and oxygen atoms in total. The molecular formula is C24H26Cl2F3N5O2Si. The fraction of sp³-hybridized carbons (Fsp3) is 0.375. The second-order valence-corrected chi connectivity index (χ2v) is 16.1. The van der Waals surface area contributed by atoms with Gasteiger partial charge in [-0.15, -0.1) is 10.2 Å². The van der Waals surface area contributed by atoms with E-state index in [9.17, 15) is 18.3 Å². The smallest absolute Gasteiger partial charge is 0.396 e. The zero-order chi connectivity index (χ0) is 27.0. The Labute approximate surface area is 222 Å². The number of benzene rings is 2. The monoisotopic (exact) mass is 571 g/mol. The van der Waals surface area contributed by atoms with Gasteiger partial charge in [-0.25, -0.2) is 4.98 Å². The Morgan fingerprint density at radius 3 is 2.49 bits per heavy atom. The molecule has 2 heterocycles. The second-order valence-electron chi connectivity index (χ2n) is 9.73. The number of nitrogens with zero attached hydrogens (tertiary/aromatic N) is 5. The van der Waals surface area contributed by atoms with Gasteiger partial charge in [0.25, 0.3) is 0 Å². The number of aliphatic hydroxyl groups is 1. The maximum Gasteiger partial charge on any atom is 0.416 e. The SMILES string of the molecule is C[Si](C)(C)CCOCn1c(-c2nnc(CCO)n2-c2cccc(Cl)c2Cl)nc2cc(C(F)(F)F)ccc21. The molecule has 13 heteroatoms. The van der Waals surface area contributed by atoms with Crippen molar-refractivity contribution >= 4 is 42.3 Å². The highest BCUT2D eigenvalue weighted by Gasteiger charge is 2.32. The third kappa shape index (κ3) is 6.01. The highest BCUT2D eigenvalue weighted by Crippen LogP contribution is 2.35. The van der Waals surface area contributed by atoms with E-state index >= 15 is 0 Å². The minimum atomic E-state index is -4.52. The average molecular weight is 572 g/mol. The van der Waals surface area contributed by atoms with Crippen molar-refractivity contribution < 1.29 is 23.0 Å². The number of halogens is 5. The van der Waals surface area contributed by atoms with Gasteiger partial charge in [-0.1, -0.05) is 48.9 Å². The van der Waals surface area contributed by atoms with Crippen LogP contribution in [0.25, 0.3) is 28.4 Å². The summed E-state index contributed by atoms with van der Waals surface area (Å²) < 4.78 is 49.5. The predicted octanol–water partition coefficient (Wildman–Crippen LogP) is 6.46. The van der Waals surface area contributed by atoms with E-state index in [4.69, 9.17) is 27.9 Å². The largest absolute Gasteiger partial charge is 0.416 e. The molecule has 0 unspecified atom stereocenters. The van der Waals surface area contributed by atoms with Gasteiger partial charge in [-0.05, 0) is 36.4 Å². The summed E-state index contributed by atoms with van der Waals surface area (Å²) in [6, 6.07) is 9.35. The summed E-state index contributed by atoms with van der Waals surface area (Å²) in [5.41, 5.74) is 0.226. The van der Waals surface area contributed by atoms with Gasteiger partial charge in [0.1, 0.15) is 12.6 Å². The molecule has 0 aliphatic heterocycles. The highest BCUT2D eigenvalue weighted by molar-refractivity contribution is 6.76. The molecule has 0 aliphatic carbocycles. The van der Waals surface area contributed by atoms with Gasteiger partial charge in [-0.2, -0.15) is 13.2 Å². The standard InChI is InChI=1S/C24H26Cl2F3N5O2Si/c1-37(2,3)12-11-36-14-33-18-8-7-15(24(27,28)29)13-17(18)30-22(33)23-32-31-20(9-10-35)34(23)19-6-4-5-16(25)21(19)26/h4-8,13,35H,9-12,14H2,1-3H3. The molecule has 0 saturated carbocycles. The molecule has 0 radical (unpaired) electrons. The lowest BCUT2D eigenvalue weighted by atomic mass is 10.2. The predicted molar refractivity (Wildman–Crippen MR) is 140 cm³/mol. The Bertz CT molecular complexity index is 1420. The Morgan fingerprint density at radius 2 is 1.81 bits per heavy atom. The van der Waals surface area contributed by atoms with Gasteiger partial charge < -0.3 is 9.84 Å². The Balaban J connectivity index is 1.89. The molecule has 0 bridgehead atoms. The molecule has 4 aromatic rings. The summed E-state index contributed by atoms with van der Waals surface area (Å²) in [5.74, 6) is 0.858. The van der Waals surface area contributed by atoms with Crippen LogP contribution in [0, 0.1) is 0 Å². The first kappa shape index (κ1) is 27.6. The molecular weight excluding hydrogens is 546 g/mol. The molecule has 2 aromatic heterocycles. The number of hydrogen-bond donors (Lipinski definition) is 1. The average Bonchev–Trinajstić information content (AvgIpc) is 3.38. The van der Waals surface area contributed by atoms with E-state index in [0.717, 1.165) is 18.2 Å². The van der Waals surface area contributed by atoms with E-state index in [1.807, 2.05) is 0 Å². The first-order valence-electron chi connectivity index (χ1n) is 11.6. The maximum absolute atomic E-state index is 13.4. The van der Waals surface area contributed by atoms with Gasteiger partial charge >= 0.3 is 6.18 Å². The molecule has 0 spiro atoms. The second kappa shape index (κ2) is 10.7. The minimum Gasteiger partial charge on any atom is -0.396 e. The molecule has 0 saturated heterocycles. The van der Waals surface area contributed by atoms with Crippen LogP contribution in [0.15, 0.2) is 36.4 Å².